The van der Waals surface area contributed by atoms with E-state index in [9.17, 15) is 9.59 Å². The van der Waals surface area contributed by atoms with Crippen LogP contribution in [0.3, 0.4) is 0 Å². The summed E-state index contributed by atoms with van der Waals surface area (Å²) in [5.74, 6) is 0.841. The second kappa shape index (κ2) is 7.55. The van der Waals surface area contributed by atoms with E-state index in [0.29, 0.717) is 34.0 Å². The zero-order valence-electron chi connectivity index (χ0n) is 15.8. The number of hydrogen-bond acceptors (Lipinski definition) is 6. The largest absolute Gasteiger partial charge is 0.479 e. The van der Waals surface area contributed by atoms with Crippen molar-refractivity contribution in [2.24, 2.45) is 7.05 Å². The van der Waals surface area contributed by atoms with Gasteiger partial charge in [0.2, 0.25) is 12.7 Å². The first-order valence-corrected chi connectivity index (χ1v) is 8.73. The average Bonchev–Trinajstić information content (AvgIpc) is 3.34. The van der Waals surface area contributed by atoms with Gasteiger partial charge in [0.1, 0.15) is 5.56 Å². The van der Waals surface area contributed by atoms with Crippen LogP contribution in [0, 0.1) is 0 Å². The Labute approximate surface area is 166 Å². The molecule has 29 heavy (non-hydrogen) atoms. The first-order valence-electron chi connectivity index (χ1n) is 8.73. The third kappa shape index (κ3) is 3.84. The number of hydrogen-bond donors (Lipinski definition) is 2. The molecule has 2 amide bonds. The number of carbonyl (C=O) groups is 2. The van der Waals surface area contributed by atoms with Crippen LogP contribution < -0.4 is 24.8 Å². The molecule has 1 aromatic heterocycles. The van der Waals surface area contributed by atoms with Crippen LogP contribution in [0.15, 0.2) is 48.7 Å². The fraction of sp³-hybridized carbons (Fsp3) is 0.150. The molecule has 0 saturated heterocycles. The molecule has 2 aromatic carbocycles. The fourth-order valence-electron chi connectivity index (χ4n) is 2.86. The predicted octanol–water partition coefficient (Wildman–Crippen LogP) is 2.66. The number of ether oxygens (including phenoxy) is 3. The smallest absolute Gasteiger partial charge is 0.262 e. The summed E-state index contributed by atoms with van der Waals surface area (Å²) < 4.78 is 17.2. The van der Waals surface area contributed by atoms with Gasteiger partial charge in [-0.1, -0.05) is 0 Å². The van der Waals surface area contributed by atoms with Crippen molar-refractivity contribution in [2.75, 3.05) is 24.5 Å². The molecule has 1 aliphatic heterocycles. The molecule has 0 saturated carbocycles. The van der Waals surface area contributed by atoms with Gasteiger partial charge in [0.05, 0.1) is 7.11 Å². The predicted molar refractivity (Wildman–Crippen MR) is 105 cm³/mol. The number of carbonyl (C=O) groups excluding carboxylic acids is 2. The van der Waals surface area contributed by atoms with Gasteiger partial charge in [-0.05, 0) is 36.4 Å². The zero-order chi connectivity index (χ0) is 20.4. The number of aromatic nitrogens is 2. The van der Waals surface area contributed by atoms with Gasteiger partial charge in [0.15, 0.2) is 11.5 Å². The Morgan fingerprint density at radius 2 is 1.69 bits per heavy atom. The van der Waals surface area contributed by atoms with Gasteiger partial charge < -0.3 is 24.8 Å². The average molecular weight is 394 g/mol. The highest BCUT2D eigenvalue weighted by Gasteiger charge is 2.17. The number of amides is 2. The maximum absolute atomic E-state index is 12.5. The van der Waals surface area contributed by atoms with E-state index in [1.165, 1.54) is 11.8 Å². The molecule has 0 fully saturated rings. The summed E-state index contributed by atoms with van der Waals surface area (Å²) in [7, 11) is 3.15. The lowest BCUT2D eigenvalue weighted by Gasteiger charge is -2.08. The maximum Gasteiger partial charge on any atom is 0.262 e. The fourth-order valence-corrected chi connectivity index (χ4v) is 2.86. The number of benzene rings is 2. The second-order valence-electron chi connectivity index (χ2n) is 6.28. The van der Waals surface area contributed by atoms with Gasteiger partial charge in [0.25, 0.3) is 11.8 Å². The number of nitrogens with zero attached hydrogens (tertiary/aromatic N) is 2. The molecule has 0 spiro atoms. The summed E-state index contributed by atoms with van der Waals surface area (Å²) in [6, 6.07) is 11.7. The highest BCUT2D eigenvalue weighted by Crippen LogP contribution is 2.34. The van der Waals surface area contributed by atoms with Crippen LogP contribution in [0.5, 0.6) is 17.4 Å². The molecule has 3 aromatic rings. The lowest BCUT2D eigenvalue weighted by Crippen LogP contribution is -2.14. The van der Waals surface area contributed by atoms with Gasteiger partial charge in [-0.2, -0.15) is 0 Å². The highest BCUT2D eigenvalue weighted by molar-refractivity contribution is 6.07. The van der Waals surface area contributed by atoms with Gasteiger partial charge in [0, 0.05) is 36.2 Å². The van der Waals surface area contributed by atoms with Gasteiger partial charge in [-0.3, -0.25) is 14.3 Å². The van der Waals surface area contributed by atoms with Crippen molar-refractivity contribution in [2.45, 2.75) is 0 Å². The Hall–Kier alpha value is -4.01. The minimum atomic E-state index is -0.354. The van der Waals surface area contributed by atoms with Crippen molar-refractivity contribution < 1.29 is 23.8 Å². The van der Waals surface area contributed by atoms with E-state index < -0.39 is 0 Å². The molecular weight excluding hydrogens is 376 g/mol. The summed E-state index contributed by atoms with van der Waals surface area (Å²) in [5, 5.41) is 9.61. The minimum absolute atomic E-state index is 0.171. The molecule has 0 atom stereocenters. The van der Waals surface area contributed by atoms with E-state index in [2.05, 4.69) is 15.7 Å². The number of fused-ring (bicyclic) bond motifs is 1. The van der Waals surface area contributed by atoms with Gasteiger partial charge in [-0.15, -0.1) is 5.10 Å². The number of nitrogens with one attached hydrogen (secondary N) is 2. The Balaban J connectivity index is 1.42. The van der Waals surface area contributed by atoms with Crippen LogP contribution in [0.4, 0.5) is 11.4 Å². The molecule has 2 heterocycles. The van der Waals surface area contributed by atoms with Crippen molar-refractivity contribution in [1.29, 1.82) is 0 Å². The van der Waals surface area contributed by atoms with Crippen LogP contribution in [0.25, 0.3) is 0 Å². The van der Waals surface area contributed by atoms with Crippen LogP contribution in [-0.2, 0) is 7.05 Å². The van der Waals surface area contributed by atoms with Crippen molar-refractivity contribution in [1.82, 2.24) is 9.78 Å². The van der Waals surface area contributed by atoms with Crippen LogP contribution >= 0.6 is 0 Å². The van der Waals surface area contributed by atoms with E-state index >= 15 is 0 Å². The molecule has 4 rings (SSSR count). The number of aryl methyl sites for hydroxylation is 1. The molecule has 2 N–H and O–H groups in total. The summed E-state index contributed by atoms with van der Waals surface area (Å²) >= 11 is 0. The summed E-state index contributed by atoms with van der Waals surface area (Å²) in [5.41, 5.74) is 1.90. The molecule has 1 aliphatic rings. The van der Waals surface area contributed by atoms with Crippen LogP contribution in [0.1, 0.15) is 20.7 Å². The van der Waals surface area contributed by atoms with Crippen LogP contribution in [0.2, 0.25) is 0 Å². The molecule has 0 bridgehead atoms. The number of methoxy groups -OCH3 is 1. The second-order valence-corrected chi connectivity index (χ2v) is 6.28. The van der Waals surface area contributed by atoms with Gasteiger partial charge in [-0.25, -0.2) is 0 Å². The van der Waals surface area contributed by atoms with E-state index in [1.54, 1.807) is 55.7 Å². The van der Waals surface area contributed by atoms with Crippen molar-refractivity contribution in [3.63, 3.8) is 0 Å². The zero-order valence-corrected chi connectivity index (χ0v) is 15.8. The topological polar surface area (TPSA) is 104 Å². The molecule has 0 radical (unpaired) electrons. The molecule has 0 aliphatic carbocycles. The minimum Gasteiger partial charge on any atom is -0.479 e. The van der Waals surface area contributed by atoms with Crippen molar-refractivity contribution >= 4 is 23.2 Å². The first kappa shape index (κ1) is 18.4. The lowest BCUT2D eigenvalue weighted by atomic mass is 10.1. The first-order chi connectivity index (χ1) is 14.0. The normalized spacial score (nSPS) is 11.8. The van der Waals surface area contributed by atoms with E-state index in [4.69, 9.17) is 14.2 Å². The molecule has 9 nitrogen and oxygen atoms in total. The van der Waals surface area contributed by atoms with Crippen LogP contribution in [-0.4, -0.2) is 35.5 Å². The standard InChI is InChI=1S/C20H18N4O5/c1-24-10-15(20(23-24)27-2)19(26)21-13-5-3-12(4-6-13)18(25)22-14-7-8-16-17(9-14)29-11-28-16/h3-10H,11H2,1-2H3,(H,21,26)(H,22,25). The number of anilines is 2. The summed E-state index contributed by atoms with van der Waals surface area (Å²) in [6.07, 6.45) is 1.57. The SMILES string of the molecule is COc1nn(C)cc1C(=O)Nc1ccc(C(=O)Nc2ccc3c(c2)OCO3)cc1. The number of rotatable bonds is 5. The lowest BCUT2D eigenvalue weighted by molar-refractivity contribution is 0.101. The van der Waals surface area contributed by atoms with Gasteiger partial charge >= 0.3 is 0 Å². The van der Waals surface area contributed by atoms with Crippen molar-refractivity contribution in [3.8, 4) is 17.4 Å². The Morgan fingerprint density at radius 1 is 1.00 bits per heavy atom. The Kier molecular flexibility index (Phi) is 4.78. The monoisotopic (exact) mass is 394 g/mol. The molecule has 0 unspecified atom stereocenters. The summed E-state index contributed by atoms with van der Waals surface area (Å²) in [4.78, 5) is 24.9. The molecule has 148 valence electrons. The quantitative estimate of drug-likeness (QED) is 0.690. The van der Waals surface area contributed by atoms with Crippen molar-refractivity contribution in [3.05, 3.63) is 59.8 Å². The van der Waals surface area contributed by atoms with E-state index in [1.807, 2.05) is 0 Å². The third-order valence-electron chi connectivity index (χ3n) is 4.27. The Bertz CT molecular complexity index is 1070. The summed E-state index contributed by atoms with van der Waals surface area (Å²) in [6.45, 7) is 0.171. The maximum atomic E-state index is 12.5. The Morgan fingerprint density at radius 3 is 2.45 bits per heavy atom. The van der Waals surface area contributed by atoms with E-state index in [0.717, 1.165) is 0 Å². The molecular formula is C20H18N4O5. The van der Waals surface area contributed by atoms with E-state index in [-0.39, 0.29) is 24.5 Å². The highest BCUT2D eigenvalue weighted by atomic mass is 16.7. The molecule has 9 heteroatoms. The third-order valence-corrected chi connectivity index (χ3v) is 4.27.